The van der Waals surface area contributed by atoms with Crippen LogP contribution in [0.2, 0.25) is 0 Å². The summed E-state index contributed by atoms with van der Waals surface area (Å²) < 4.78 is 10.7. The van der Waals surface area contributed by atoms with Gasteiger partial charge in [0, 0.05) is 24.8 Å². The first-order chi connectivity index (χ1) is 9.70. The van der Waals surface area contributed by atoms with E-state index < -0.39 is 0 Å². The van der Waals surface area contributed by atoms with Crippen LogP contribution in [0, 0.1) is 0 Å². The number of carbonyl (C=O) groups is 1. The van der Waals surface area contributed by atoms with Crippen LogP contribution < -0.4 is 10.1 Å². The third-order valence-corrected chi connectivity index (χ3v) is 3.22. The number of benzene rings is 1. The Morgan fingerprint density at radius 2 is 2.20 bits per heavy atom. The van der Waals surface area contributed by atoms with E-state index in [2.05, 4.69) is 5.32 Å². The Balaban J connectivity index is 1.94. The molecule has 1 amide bonds. The Morgan fingerprint density at radius 3 is 2.90 bits per heavy atom. The summed E-state index contributed by atoms with van der Waals surface area (Å²) in [6.07, 6.45) is 0. The third-order valence-electron chi connectivity index (χ3n) is 3.22. The van der Waals surface area contributed by atoms with E-state index in [0.29, 0.717) is 32.9 Å². The topological polar surface area (TPSA) is 50.8 Å². The molecule has 1 unspecified atom stereocenters. The first-order valence-corrected chi connectivity index (χ1v) is 7.06. The van der Waals surface area contributed by atoms with Crippen LogP contribution in [0.4, 0.5) is 5.69 Å². The molecule has 0 radical (unpaired) electrons. The molecule has 1 aliphatic rings. The van der Waals surface area contributed by atoms with Gasteiger partial charge in [0.25, 0.3) is 0 Å². The van der Waals surface area contributed by atoms with Crippen molar-refractivity contribution in [3.05, 3.63) is 24.3 Å². The monoisotopic (exact) mass is 278 g/mol. The minimum Gasteiger partial charge on any atom is -0.494 e. The van der Waals surface area contributed by atoms with E-state index in [0.717, 1.165) is 11.4 Å². The van der Waals surface area contributed by atoms with E-state index in [1.165, 1.54) is 0 Å². The lowest BCUT2D eigenvalue weighted by molar-refractivity contribution is -0.135. The Bertz CT molecular complexity index is 444. The average molecular weight is 278 g/mol. The Labute approximate surface area is 119 Å². The summed E-state index contributed by atoms with van der Waals surface area (Å²) in [5, 5.41) is 3.23. The zero-order valence-corrected chi connectivity index (χ0v) is 12.1. The number of hydrogen-bond donors (Lipinski definition) is 1. The lowest BCUT2D eigenvalue weighted by Gasteiger charge is -2.29. The van der Waals surface area contributed by atoms with Crippen LogP contribution in [0.1, 0.15) is 13.8 Å². The van der Waals surface area contributed by atoms with Gasteiger partial charge < -0.3 is 19.7 Å². The van der Waals surface area contributed by atoms with Crippen LogP contribution >= 0.6 is 0 Å². The maximum atomic E-state index is 12.3. The first kappa shape index (κ1) is 14.7. The van der Waals surface area contributed by atoms with Gasteiger partial charge in [-0.25, -0.2) is 0 Å². The molecule has 1 heterocycles. The molecule has 5 heteroatoms. The fourth-order valence-electron chi connectivity index (χ4n) is 2.21. The molecule has 1 aliphatic heterocycles. The maximum Gasteiger partial charge on any atom is 0.244 e. The van der Waals surface area contributed by atoms with Crippen molar-refractivity contribution in [3.8, 4) is 5.75 Å². The van der Waals surface area contributed by atoms with E-state index in [1.54, 1.807) is 0 Å². The molecule has 0 bridgehead atoms. The largest absolute Gasteiger partial charge is 0.494 e. The fraction of sp³-hybridized carbons (Fsp3) is 0.533. The predicted octanol–water partition coefficient (Wildman–Crippen LogP) is 1.74. The van der Waals surface area contributed by atoms with Gasteiger partial charge in [0.05, 0.1) is 19.8 Å². The second-order valence-corrected chi connectivity index (χ2v) is 4.76. The number of anilines is 1. The standard InChI is InChI=1S/C15H22N2O3/c1-3-20-14-6-4-5-13(11-14)16-12(2)15(18)17-7-9-19-10-8-17/h4-6,11-12,16H,3,7-10H2,1-2H3. The van der Waals surface area contributed by atoms with Crippen molar-refractivity contribution in [2.75, 3.05) is 38.2 Å². The quantitative estimate of drug-likeness (QED) is 0.891. The van der Waals surface area contributed by atoms with Gasteiger partial charge in [0.15, 0.2) is 0 Å². The number of rotatable bonds is 5. The molecule has 1 N–H and O–H groups in total. The highest BCUT2D eigenvalue weighted by molar-refractivity contribution is 5.84. The highest BCUT2D eigenvalue weighted by atomic mass is 16.5. The van der Waals surface area contributed by atoms with Crippen LogP contribution in [0.3, 0.4) is 0 Å². The van der Waals surface area contributed by atoms with E-state index in [9.17, 15) is 4.79 Å². The molecule has 0 saturated carbocycles. The Hall–Kier alpha value is -1.75. The summed E-state index contributed by atoms with van der Waals surface area (Å²) in [4.78, 5) is 14.1. The lowest BCUT2D eigenvalue weighted by atomic mass is 10.2. The molecule has 1 aromatic carbocycles. The minimum atomic E-state index is -0.259. The van der Waals surface area contributed by atoms with Crippen LogP contribution in [-0.4, -0.2) is 49.8 Å². The molecule has 2 rings (SSSR count). The van der Waals surface area contributed by atoms with Gasteiger partial charge >= 0.3 is 0 Å². The zero-order chi connectivity index (χ0) is 14.4. The number of carbonyl (C=O) groups excluding carboxylic acids is 1. The van der Waals surface area contributed by atoms with E-state index in [-0.39, 0.29) is 11.9 Å². The molecular weight excluding hydrogens is 256 g/mol. The molecule has 1 fully saturated rings. The van der Waals surface area contributed by atoms with Gasteiger partial charge in [-0.2, -0.15) is 0 Å². The van der Waals surface area contributed by atoms with Crippen molar-refractivity contribution >= 4 is 11.6 Å². The second-order valence-electron chi connectivity index (χ2n) is 4.76. The Kier molecular flexibility index (Phi) is 5.24. The third kappa shape index (κ3) is 3.87. The zero-order valence-electron chi connectivity index (χ0n) is 12.1. The number of ether oxygens (including phenoxy) is 2. The van der Waals surface area contributed by atoms with Gasteiger partial charge in [-0.1, -0.05) is 6.07 Å². The van der Waals surface area contributed by atoms with Crippen LogP contribution in [-0.2, 0) is 9.53 Å². The average Bonchev–Trinajstić information content (AvgIpc) is 2.48. The molecule has 0 aliphatic carbocycles. The van der Waals surface area contributed by atoms with Crippen molar-refractivity contribution in [1.82, 2.24) is 4.90 Å². The van der Waals surface area contributed by atoms with Crippen molar-refractivity contribution in [2.24, 2.45) is 0 Å². The normalized spacial score (nSPS) is 16.6. The second kappa shape index (κ2) is 7.14. The first-order valence-electron chi connectivity index (χ1n) is 7.06. The summed E-state index contributed by atoms with van der Waals surface area (Å²) in [5.41, 5.74) is 0.894. The summed E-state index contributed by atoms with van der Waals surface area (Å²) in [6, 6.07) is 7.41. The van der Waals surface area contributed by atoms with E-state index in [4.69, 9.17) is 9.47 Å². The van der Waals surface area contributed by atoms with Crippen molar-refractivity contribution in [3.63, 3.8) is 0 Å². The number of morpholine rings is 1. The van der Waals surface area contributed by atoms with E-state index in [1.807, 2.05) is 43.0 Å². The van der Waals surface area contributed by atoms with Crippen molar-refractivity contribution in [2.45, 2.75) is 19.9 Å². The van der Waals surface area contributed by atoms with Gasteiger partial charge in [0.2, 0.25) is 5.91 Å². The van der Waals surface area contributed by atoms with Crippen LogP contribution in [0.25, 0.3) is 0 Å². The molecule has 0 spiro atoms. The maximum absolute atomic E-state index is 12.3. The highest BCUT2D eigenvalue weighted by Gasteiger charge is 2.22. The van der Waals surface area contributed by atoms with Gasteiger partial charge in [-0.15, -0.1) is 0 Å². The van der Waals surface area contributed by atoms with Gasteiger partial charge in [0.1, 0.15) is 11.8 Å². The molecule has 1 aromatic rings. The number of nitrogens with zero attached hydrogens (tertiary/aromatic N) is 1. The summed E-state index contributed by atoms with van der Waals surface area (Å²) in [5.74, 6) is 0.915. The molecule has 110 valence electrons. The molecule has 5 nitrogen and oxygen atoms in total. The molecule has 20 heavy (non-hydrogen) atoms. The van der Waals surface area contributed by atoms with Gasteiger partial charge in [-0.05, 0) is 26.0 Å². The Morgan fingerprint density at radius 1 is 1.45 bits per heavy atom. The predicted molar refractivity (Wildman–Crippen MR) is 78.1 cm³/mol. The fourth-order valence-corrected chi connectivity index (χ4v) is 2.21. The molecule has 0 aromatic heterocycles. The summed E-state index contributed by atoms with van der Waals surface area (Å²) >= 11 is 0. The number of hydrogen-bond acceptors (Lipinski definition) is 4. The van der Waals surface area contributed by atoms with E-state index >= 15 is 0 Å². The summed E-state index contributed by atoms with van der Waals surface area (Å²) in [6.45, 7) is 7.05. The highest BCUT2D eigenvalue weighted by Crippen LogP contribution is 2.18. The lowest BCUT2D eigenvalue weighted by Crippen LogP contribution is -2.46. The van der Waals surface area contributed by atoms with Crippen LogP contribution in [0.15, 0.2) is 24.3 Å². The summed E-state index contributed by atoms with van der Waals surface area (Å²) in [7, 11) is 0. The number of amides is 1. The molecular formula is C15H22N2O3. The molecule has 1 saturated heterocycles. The van der Waals surface area contributed by atoms with Gasteiger partial charge in [-0.3, -0.25) is 4.79 Å². The molecule has 1 atom stereocenters. The minimum absolute atomic E-state index is 0.107. The van der Waals surface area contributed by atoms with Crippen LogP contribution in [0.5, 0.6) is 5.75 Å². The number of nitrogens with one attached hydrogen (secondary N) is 1. The smallest absolute Gasteiger partial charge is 0.244 e. The van der Waals surface area contributed by atoms with Crippen molar-refractivity contribution in [1.29, 1.82) is 0 Å². The van der Waals surface area contributed by atoms with Crippen molar-refractivity contribution < 1.29 is 14.3 Å². The SMILES string of the molecule is CCOc1cccc(NC(C)C(=O)N2CCOCC2)c1.